The Morgan fingerprint density at radius 2 is 1.77 bits per heavy atom. The lowest BCUT2D eigenvalue weighted by Gasteiger charge is -2.08. The molecule has 0 saturated carbocycles. The van der Waals surface area contributed by atoms with E-state index >= 15 is 0 Å². The molecule has 0 saturated heterocycles. The van der Waals surface area contributed by atoms with Crippen LogP contribution >= 0.6 is 0 Å². The Morgan fingerprint density at radius 1 is 1.00 bits per heavy atom. The van der Waals surface area contributed by atoms with Crippen LogP contribution in [0.2, 0.25) is 0 Å². The molecule has 0 radical (unpaired) electrons. The summed E-state index contributed by atoms with van der Waals surface area (Å²) in [6, 6.07) is 17.7. The van der Waals surface area contributed by atoms with Crippen LogP contribution < -0.4 is 4.74 Å². The molecule has 3 nitrogen and oxygen atoms in total. The summed E-state index contributed by atoms with van der Waals surface area (Å²) in [7, 11) is 0. The molecule has 3 aromatic carbocycles. The average molecular weight is 416 g/mol. The van der Waals surface area contributed by atoms with Crippen LogP contribution in [0.1, 0.15) is 30.9 Å². The van der Waals surface area contributed by atoms with E-state index in [1.807, 2.05) is 44.2 Å². The summed E-state index contributed by atoms with van der Waals surface area (Å²) >= 11 is 0. The van der Waals surface area contributed by atoms with E-state index in [0.29, 0.717) is 17.9 Å². The third-order valence-electron chi connectivity index (χ3n) is 5.34. The van der Waals surface area contributed by atoms with Crippen molar-refractivity contribution in [1.29, 1.82) is 5.26 Å². The van der Waals surface area contributed by atoms with Crippen molar-refractivity contribution in [2.24, 2.45) is 0 Å². The van der Waals surface area contributed by atoms with Gasteiger partial charge in [-0.2, -0.15) is 5.26 Å². The zero-order valence-corrected chi connectivity index (χ0v) is 17.4. The number of fused-ring (bicyclic) bond motifs is 1. The number of H-pyrrole nitrogens is 1. The number of benzene rings is 3. The Labute approximate surface area is 179 Å². The van der Waals surface area contributed by atoms with Gasteiger partial charge in [0, 0.05) is 23.0 Å². The molecule has 4 aromatic rings. The maximum Gasteiger partial charge on any atom is 0.139 e. The zero-order chi connectivity index (χ0) is 22.0. The van der Waals surface area contributed by atoms with Crippen molar-refractivity contribution in [2.75, 3.05) is 6.61 Å². The minimum atomic E-state index is -0.666. The fourth-order valence-electron chi connectivity index (χ4n) is 3.72. The van der Waals surface area contributed by atoms with Crippen LogP contribution in [0.15, 0.2) is 54.6 Å². The molecule has 0 aliphatic carbocycles. The number of nitrogens with zero attached hydrogens (tertiary/aromatic N) is 1. The predicted molar refractivity (Wildman–Crippen MR) is 119 cm³/mol. The minimum Gasteiger partial charge on any atom is -0.493 e. The molecule has 0 aliphatic heterocycles. The van der Waals surface area contributed by atoms with E-state index in [0.717, 1.165) is 40.4 Å². The van der Waals surface area contributed by atoms with E-state index in [1.54, 1.807) is 12.1 Å². The Bertz CT molecular complexity index is 1280. The summed E-state index contributed by atoms with van der Waals surface area (Å²) in [5, 5.41) is 9.91. The first-order valence-electron chi connectivity index (χ1n) is 10.3. The highest BCUT2D eigenvalue weighted by molar-refractivity contribution is 5.90. The summed E-state index contributed by atoms with van der Waals surface area (Å²) in [6.45, 7) is 4.41. The average Bonchev–Trinajstić information content (AvgIpc) is 3.16. The monoisotopic (exact) mass is 416 g/mol. The molecule has 0 aliphatic rings. The fourth-order valence-corrected chi connectivity index (χ4v) is 3.72. The SMILES string of the molecule is CCCCOc1cc(F)c(-c2cc3cc(-c4ccc(C#N)cc4C)ccc3[nH]2)c(F)c1. The Hall–Kier alpha value is -3.65. The van der Waals surface area contributed by atoms with Crippen LogP contribution in [-0.4, -0.2) is 11.6 Å². The quantitative estimate of drug-likeness (QED) is 0.340. The van der Waals surface area contributed by atoms with Crippen LogP contribution in [0.25, 0.3) is 33.3 Å². The van der Waals surface area contributed by atoms with Crippen LogP contribution in [-0.2, 0) is 0 Å². The largest absolute Gasteiger partial charge is 0.493 e. The maximum atomic E-state index is 14.7. The van der Waals surface area contributed by atoms with Crippen molar-refractivity contribution in [3.63, 3.8) is 0 Å². The molecule has 0 fully saturated rings. The highest BCUT2D eigenvalue weighted by Gasteiger charge is 2.17. The lowest BCUT2D eigenvalue weighted by molar-refractivity contribution is 0.306. The summed E-state index contributed by atoms with van der Waals surface area (Å²) < 4.78 is 34.9. The van der Waals surface area contributed by atoms with Gasteiger partial charge in [-0.3, -0.25) is 0 Å². The Balaban J connectivity index is 1.70. The first kappa shape index (κ1) is 20.6. The van der Waals surface area contributed by atoms with Crippen molar-refractivity contribution < 1.29 is 13.5 Å². The number of nitrogens with one attached hydrogen (secondary N) is 1. The number of nitriles is 1. The number of aromatic amines is 1. The highest BCUT2D eigenvalue weighted by atomic mass is 19.1. The lowest BCUT2D eigenvalue weighted by atomic mass is 9.98. The Morgan fingerprint density at radius 3 is 2.45 bits per heavy atom. The van der Waals surface area contributed by atoms with E-state index in [9.17, 15) is 8.78 Å². The fraction of sp³-hybridized carbons (Fsp3) is 0.192. The molecule has 4 rings (SSSR count). The number of aromatic nitrogens is 1. The molecule has 0 amide bonds. The number of hydrogen-bond donors (Lipinski definition) is 1. The number of aryl methyl sites for hydroxylation is 1. The topological polar surface area (TPSA) is 48.8 Å². The molecule has 1 heterocycles. The van der Waals surface area contributed by atoms with Gasteiger partial charge in [0.15, 0.2) is 0 Å². The van der Waals surface area contributed by atoms with Gasteiger partial charge in [0.1, 0.15) is 17.4 Å². The number of ether oxygens (including phenoxy) is 1. The molecule has 0 spiro atoms. The minimum absolute atomic E-state index is 0.102. The second-order valence-electron chi connectivity index (χ2n) is 7.59. The maximum absolute atomic E-state index is 14.7. The van der Waals surface area contributed by atoms with Gasteiger partial charge < -0.3 is 9.72 Å². The van der Waals surface area contributed by atoms with Crippen molar-refractivity contribution in [1.82, 2.24) is 4.98 Å². The molecule has 0 atom stereocenters. The number of hydrogen-bond acceptors (Lipinski definition) is 2. The first-order valence-corrected chi connectivity index (χ1v) is 10.3. The molecule has 1 aromatic heterocycles. The smallest absolute Gasteiger partial charge is 0.139 e. The second kappa shape index (κ2) is 8.61. The molecule has 5 heteroatoms. The number of unbranched alkanes of at least 4 members (excludes halogenated alkanes) is 1. The van der Waals surface area contributed by atoms with Crippen LogP contribution in [0.3, 0.4) is 0 Å². The third-order valence-corrected chi connectivity index (χ3v) is 5.34. The van der Waals surface area contributed by atoms with Crippen molar-refractivity contribution in [2.45, 2.75) is 26.7 Å². The molecular weight excluding hydrogens is 394 g/mol. The van der Waals surface area contributed by atoms with Crippen molar-refractivity contribution in [3.8, 4) is 34.2 Å². The van der Waals surface area contributed by atoms with Gasteiger partial charge >= 0.3 is 0 Å². The van der Waals surface area contributed by atoms with Crippen LogP contribution in [0.4, 0.5) is 8.78 Å². The Kier molecular flexibility index (Phi) is 5.73. The predicted octanol–water partition coefficient (Wildman–Crippen LogP) is 7.14. The zero-order valence-electron chi connectivity index (χ0n) is 17.4. The molecule has 1 N–H and O–H groups in total. The van der Waals surface area contributed by atoms with Crippen LogP contribution in [0.5, 0.6) is 5.75 Å². The molecule has 0 unspecified atom stereocenters. The van der Waals surface area contributed by atoms with Gasteiger partial charge in [0.2, 0.25) is 0 Å². The molecular formula is C26H22F2N2O. The normalized spacial score (nSPS) is 10.9. The molecule has 0 bridgehead atoms. The molecule has 156 valence electrons. The van der Waals surface area contributed by atoms with E-state index in [4.69, 9.17) is 10.00 Å². The first-order chi connectivity index (χ1) is 15.0. The highest BCUT2D eigenvalue weighted by Crippen LogP contribution is 2.34. The third kappa shape index (κ3) is 4.15. The summed E-state index contributed by atoms with van der Waals surface area (Å²) in [5.41, 5.74) is 4.64. The van der Waals surface area contributed by atoms with Gasteiger partial charge in [-0.15, -0.1) is 0 Å². The van der Waals surface area contributed by atoms with Gasteiger partial charge in [0.25, 0.3) is 0 Å². The van der Waals surface area contributed by atoms with Gasteiger partial charge in [-0.05, 0) is 60.4 Å². The number of halogens is 2. The molecule has 31 heavy (non-hydrogen) atoms. The van der Waals surface area contributed by atoms with E-state index < -0.39 is 11.6 Å². The summed E-state index contributed by atoms with van der Waals surface area (Å²) in [5.74, 6) is -1.13. The van der Waals surface area contributed by atoms with Gasteiger partial charge in [-0.25, -0.2) is 8.78 Å². The standard InChI is InChI=1S/C26H22F2N2O/c1-3-4-9-31-20-13-22(27)26(23(28)14-20)25-12-19-11-18(6-8-24(19)30-25)21-7-5-17(15-29)10-16(21)2/h5-8,10-14,30H,3-4,9H2,1-2H3. The van der Waals surface area contributed by atoms with E-state index in [2.05, 4.69) is 11.1 Å². The second-order valence-corrected chi connectivity index (χ2v) is 7.59. The van der Waals surface area contributed by atoms with Crippen LogP contribution in [0, 0.1) is 29.9 Å². The summed E-state index contributed by atoms with van der Waals surface area (Å²) in [6.07, 6.45) is 1.77. The van der Waals surface area contributed by atoms with E-state index in [-0.39, 0.29) is 11.3 Å². The van der Waals surface area contributed by atoms with E-state index in [1.165, 1.54) is 12.1 Å². The lowest BCUT2D eigenvalue weighted by Crippen LogP contribution is -1.99. The van der Waals surface area contributed by atoms with Gasteiger partial charge in [0.05, 0.1) is 29.5 Å². The van der Waals surface area contributed by atoms with Crippen molar-refractivity contribution in [3.05, 3.63) is 77.4 Å². The summed E-state index contributed by atoms with van der Waals surface area (Å²) in [4.78, 5) is 3.11. The number of rotatable bonds is 6. The van der Waals surface area contributed by atoms with Crippen molar-refractivity contribution >= 4 is 10.9 Å². The van der Waals surface area contributed by atoms with Gasteiger partial charge in [-0.1, -0.05) is 25.5 Å².